The summed E-state index contributed by atoms with van der Waals surface area (Å²) in [4.78, 5) is 26.3. The summed E-state index contributed by atoms with van der Waals surface area (Å²) in [6.45, 7) is 6.51. The maximum atomic E-state index is 13.3. The number of nitrogens with one attached hydrogen (secondary N) is 1. The third-order valence-corrected chi connectivity index (χ3v) is 14.5. The van der Waals surface area contributed by atoms with Crippen molar-refractivity contribution in [3.63, 3.8) is 0 Å². The zero-order valence-corrected chi connectivity index (χ0v) is 46.7. The van der Waals surface area contributed by atoms with Gasteiger partial charge in [-0.25, -0.2) is 0 Å². The smallest absolute Gasteiger partial charge is 0.306 e. The molecule has 0 rings (SSSR count). The van der Waals surface area contributed by atoms with Gasteiger partial charge in [-0.05, 0) is 57.8 Å². The van der Waals surface area contributed by atoms with E-state index in [0.29, 0.717) is 19.3 Å². The van der Waals surface area contributed by atoms with Gasteiger partial charge in [0.15, 0.2) is 0 Å². The number of carbonyl (C=O) groups is 2. The molecule has 3 atom stereocenters. The van der Waals surface area contributed by atoms with E-state index in [4.69, 9.17) is 4.74 Å². The van der Waals surface area contributed by atoms with Crippen LogP contribution in [-0.2, 0) is 14.3 Å². The molecule has 3 unspecified atom stereocenters. The van der Waals surface area contributed by atoms with Crippen molar-refractivity contribution in [2.24, 2.45) is 0 Å². The normalized spacial score (nSPS) is 13.2. The number of hydrogen-bond donors (Lipinski definition) is 3. The van der Waals surface area contributed by atoms with Gasteiger partial charge in [-0.3, -0.25) is 9.59 Å². The van der Waals surface area contributed by atoms with Crippen LogP contribution in [-0.4, -0.2) is 46.9 Å². The van der Waals surface area contributed by atoms with Crippen molar-refractivity contribution < 1.29 is 24.5 Å². The third kappa shape index (κ3) is 52.5. The molecule has 1 amide bonds. The van der Waals surface area contributed by atoms with Gasteiger partial charge in [-0.1, -0.05) is 295 Å². The van der Waals surface area contributed by atoms with Crippen molar-refractivity contribution in [2.75, 3.05) is 6.61 Å². The largest absolute Gasteiger partial charge is 0.462 e. The van der Waals surface area contributed by atoms with E-state index in [9.17, 15) is 19.8 Å². The SMILES string of the molecule is CCCCC/C=C\C/C=C\CCCCCCCC(CC(=O)NC(CO)C(O)CCCCCCCCCCCCCCCCCCC)OC(=O)CCCCCCCCCCCCCCCCCCCC. The van der Waals surface area contributed by atoms with Crippen LogP contribution in [0.25, 0.3) is 0 Å². The lowest BCUT2D eigenvalue weighted by Crippen LogP contribution is -2.46. The Labute approximate surface area is 431 Å². The fourth-order valence-corrected chi connectivity index (χ4v) is 9.82. The first kappa shape index (κ1) is 67.3. The van der Waals surface area contributed by atoms with Crippen LogP contribution in [0, 0.1) is 0 Å². The number of esters is 1. The predicted octanol–water partition coefficient (Wildman–Crippen LogP) is 19.4. The van der Waals surface area contributed by atoms with E-state index in [1.807, 2.05) is 0 Å². The molecule has 0 saturated carbocycles. The molecular weight excluding hydrogens is 851 g/mol. The summed E-state index contributed by atoms with van der Waals surface area (Å²) >= 11 is 0. The average Bonchev–Trinajstić information content (AvgIpc) is 3.34. The summed E-state index contributed by atoms with van der Waals surface area (Å²) < 4.78 is 5.98. The molecule has 69 heavy (non-hydrogen) atoms. The number of allylic oxidation sites excluding steroid dienone is 4. The third-order valence-electron chi connectivity index (χ3n) is 14.5. The molecule has 0 aliphatic rings. The Bertz CT molecular complexity index is 1090. The topological polar surface area (TPSA) is 95.9 Å². The van der Waals surface area contributed by atoms with E-state index >= 15 is 0 Å². The molecule has 0 heterocycles. The van der Waals surface area contributed by atoms with Crippen LogP contribution in [0.15, 0.2) is 24.3 Å². The number of amides is 1. The van der Waals surface area contributed by atoms with Crippen LogP contribution in [0.5, 0.6) is 0 Å². The van der Waals surface area contributed by atoms with Gasteiger partial charge >= 0.3 is 5.97 Å². The van der Waals surface area contributed by atoms with Gasteiger partial charge in [-0.2, -0.15) is 0 Å². The molecule has 408 valence electrons. The van der Waals surface area contributed by atoms with Gasteiger partial charge in [0.05, 0.1) is 25.2 Å². The van der Waals surface area contributed by atoms with E-state index in [-0.39, 0.29) is 24.9 Å². The minimum atomic E-state index is -0.789. The average molecular weight is 973 g/mol. The highest BCUT2D eigenvalue weighted by atomic mass is 16.5. The van der Waals surface area contributed by atoms with Crippen LogP contribution < -0.4 is 5.32 Å². The van der Waals surface area contributed by atoms with E-state index in [2.05, 4.69) is 50.4 Å². The molecule has 0 spiro atoms. The quantitative estimate of drug-likeness (QED) is 0.0321. The second-order valence-electron chi connectivity index (χ2n) is 21.5. The molecule has 0 aliphatic carbocycles. The van der Waals surface area contributed by atoms with E-state index in [0.717, 1.165) is 64.2 Å². The highest BCUT2D eigenvalue weighted by Crippen LogP contribution is 2.19. The van der Waals surface area contributed by atoms with Crippen molar-refractivity contribution >= 4 is 11.9 Å². The minimum absolute atomic E-state index is 0.0745. The molecule has 3 N–H and O–H groups in total. The molecule has 0 aromatic rings. The summed E-state index contributed by atoms with van der Waals surface area (Å²) in [7, 11) is 0. The molecular formula is C63H121NO5. The first-order chi connectivity index (χ1) is 34.0. The first-order valence-corrected chi connectivity index (χ1v) is 31.1. The molecule has 0 aliphatic heterocycles. The Morgan fingerprint density at radius 1 is 0.420 bits per heavy atom. The molecule has 0 fully saturated rings. The van der Waals surface area contributed by atoms with Crippen molar-refractivity contribution in [3.05, 3.63) is 24.3 Å². The molecule has 0 radical (unpaired) electrons. The van der Waals surface area contributed by atoms with Crippen LogP contribution in [0.4, 0.5) is 0 Å². The van der Waals surface area contributed by atoms with Crippen molar-refractivity contribution in [1.29, 1.82) is 0 Å². The van der Waals surface area contributed by atoms with Crippen molar-refractivity contribution in [3.8, 4) is 0 Å². The highest BCUT2D eigenvalue weighted by molar-refractivity contribution is 5.77. The summed E-state index contributed by atoms with van der Waals surface area (Å²) in [6, 6.07) is -0.703. The Kier molecular flexibility index (Phi) is 55.9. The van der Waals surface area contributed by atoms with E-state index < -0.39 is 18.2 Å². The maximum absolute atomic E-state index is 13.3. The van der Waals surface area contributed by atoms with Gasteiger partial charge in [0.1, 0.15) is 6.10 Å². The van der Waals surface area contributed by atoms with Crippen molar-refractivity contribution in [1.82, 2.24) is 5.32 Å². The predicted molar refractivity (Wildman–Crippen MR) is 301 cm³/mol. The summed E-state index contributed by atoms with van der Waals surface area (Å²) in [5.74, 6) is -0.464. The van der Waals surface area contributed by atoms with Crippen LogP contribution in [0.3, 0.4) is 0 Å². The standard InChI is InChI=1S/C63H121NO5/c1-4-7-10-13-16-19-22-25-28-30-32-35-38-41-44-47-50-53-56-63(68)69-59(54-51-48-45-42-39-36-33-27-24-21-18-15-12-9-6-3)57-62(67)64-60(58-65)61(66)55-52-49-46-43-40-37-34-31-29-26-23-20-17-14-11-8-5-2/h18,21,27,33,59-61,65-66H,4-17,19-20,22-26,28-32,34-58H2,1-3H3,(H,64,67)/b21-18-,33-27-. The van der Waals surface area contributed by atoms with Gasteiger partial charge in [0.25, 0.3) is 0 Å². The van der Waals surface area contributed by atoms with Crippen LogP contribution >= 0.6 is 0 Å². The second-order valence-corrected chi connectivity index (χ2v) is 21.5. The first-order valence-electron chi connectivity index (χ1n) is 31.1. The summed E-state index contributed by atoms with van der Waals surface area (Å²) in [5, 5.41) is 24.0. The molecule has 0 saturated heterocycles. The number of ether oxygens (including phenoxy) is 1. The van der Waals surface area contributed by atoms with E-state index in [1.54, 1.807) is 0 Å². The maximum Gasteiger partial charge on any atom is 0.306 e. The number of rotatable bonds is 57. The van der Waals surface area contributed by atoms with Gasteiger partial charge in [0.2, 0.25) is 5.91 Å². The zero-order valence-electron chi connectivity index (χ0n) is 46.7. The lowest BCUT2D eigenvalue weighted by Gasteiger charge is -2.24. The summed E-state index contributed by atoms with van der Waals surface area (Å²) in [6.07, 6.45) is 68.2. The number of carbonyl (C=O) groups excluding carboxylic acids is 2. The van der Waals surface area contributed by atoms with Gasteiger partial charge in [-0.15, -0.1) is 0 Å². The molecule has 6 nitrogen and oxygen atoms in total. The summed E-state index contributed by atoms with van der Waals surface area (Å²) in [5.41, 5.74) is 0. The Morgan fingerprint density at radius 3 is 1.13 bits per heavy atom. The number of hydrogen-bond acceptors (Lipinski definition) is 5. The second kappa shape index (κ2) is 57.2. The Balaban J connectivity index is 4.49. The van der Waals surface area contributed by atoms with Gasteiger partial charge in [0, 0.05) is 6.42 Å². The fourth-order valence-electron chi connectivity index (χ4n) is 9.82. The lowest BCUT2D eigenvalue weighted by molar-refractivity contribution is -0.151. The highest BCUT2D eigenvalue weighted by Gasteiger charge is 2.24. The fraction of sp³-hybridized carbons (Fsp3) is 0.905. The van der Waals surface area contributed by atoms with E-state index in [1.165, 1.54) is 231 Å². The van der Waals surface area contributed by atoms with Crippen LogP contribution in [0.1, 0.15) is 342 Å². The Morgan fingerprint density at radius 2 is 0.739 bits per heavy atom. The van der Waals surface area contributed by atoms with Crippen LogP contribution in [0.2, 0.25) is 0 Å². The monoisotopic (exact) mass is 972 g/mol. The van der Waals surface area contributed by atoms with Gasteiger partial charge < -0.3 is 20.3 Å². The zero-order chi connectivity index (χ0) is 50.2. The lowest BCUT2D eigenvalue weighted by atomic mass is 10.0. The molecule has 6 heteroatoms. The number of aliphatic hydroxyl groups is 2. The number of aliphatic hydroxyl groups excluding tert-OH is 2. The Hall–Kier alpha value is -1.66. The molecule has 0 bridgehead atoms. The van der Waals surface area contributed by atoms with Crippen molar-refractivity contribution in [2.45, 2.75) is 360 Å². The minimum Gasteiger partial charge on any atom is -0.462 e. The molecule has 0 aromatic carbocycles. The number of unbranched alkanes of at least 4 members (excludes halogenated alkanes) is 41. The molecule has 0 aromatic heterocycles.